The predicted octanol–water partition coefficient (Wildman–Crippen LogP) is 1.17. The van der Waals surface area contributed by atoms with Crippen molar-refractivity contribution < 1.29 is 14.6 Å². The molecule has 0 aliphatic rings. The lowest BCUT2D eigenvalue weighted by molar-refractivity contribution is 0.0690. The molecule has 0 aliphatic heterocycles. The summed E-state index contributed by atoms with van der Waals surface area (Å²) in [5.41, 5.74) is 1.04. The van der Waals surface area contributed by atoms with Crippen molar-refractivity contribution in [2.24, 2.45) is 7.05 Å². The maximum Gasteiger partial charge on any atom is 0.354 e. The van der Waals surface area contributed by atoms with E-state index in [1.54, 1.807) is 30.1 Å². The van der Waals surface area contributed by atoms with Crippen molar-refractivity contribution in [1.29, 1.82) is 0 Å². The molecule has 0 fully saturated rings. The SMILES string of the molecule is COCCN(Cc1ccnn1C)c1cccc(C(=O)O)n1. The van der Waals surface area contributed by atoms with Gasteiger partial charge in [-0.1, -0.05) is 6.07 Å². The summed E-state index contributed by atoms with van der Waals surface area (Å²) < 4.78 is 6.89. The predicted molar refractivity (Wildman–Crippen MR) is 77.3 cm³/mol. The molecule has 21 heavy (non-hydrogen) atoms. The van der Waals surface area contributed by atoms with E-state index in [0.29, 0.717) is 25.5 Å². The van der Waals surface area contributed by atoms with E-state index in [0.717, 1.165) is 5.69 Å². The third-order valence-electron chi connectivity index (χ3n) is 3.12. The van der Waals surface area contributed by atoms with Crippen LogP contribution in [0.15, 0.2) is 30.5 Å². The number of nitrogens with zero attached hydrogens (tertiary/aromatic N) is 4. The van der Waals surface area contributed by atoms with Crippen LogP contribution in [-0.4, -0.2) is 46.1 Å². The minimum atomic E-state index is -1.04. The van der Waals surface area contributed by atoms with Crippen molar-refractivity contribution in [3.63, 3.8) is 0 Å². The molecule has 2 heterocycles. The number of hydrogen-bond acceptors (Lipinski definition) is 5. The van der Waals surface area contributed by atoms with E-state index in [-0.39, 0.29) is 5.69 Å². The molecule has 7 nitrogen and oxygen atoms in total. The van der Waals surface area contributed by atoms with Gasteiger partial charge in [0.1, 0.15) is 5.82 Å². The van der Waals surface area contributed by atoms with Crippen molar-refractivity contribution in [2.45, 2.75) is 6.54 Å². The van der Waals surface area contributed by atoms with Gasteiger partial charge in [-0.2, -0.15) is 5.10 Å². The standard InChI is InChI=1S/C14H18N4O3/c1-17-11(6-7-15-17)10-18(8-9-21-2)13-5-3-4-12(16-13)14(19)20/h3-7H,8-10H2,1-2H3,(H,19,20). The smallest absolute Gasteiger partial charge is 0.354 e. The fourth-order valence-corrected chi connectivity index (χ4v) is 1.95. The molecule has 0 aromatic carbocycles. The average molecular weight is 290 g/mol. The first-order chi connectivity index (χ1) is 10.1. The summed E-state index contributed by atoms with van der Waals surface area (Å²) >= 11 is 0. The lowest BCUT2D eigenvalue weighted by atomic mass is 10.3. The Balaban J connectivity index is 2.24. The lowest BCUT2D eigenvalue weighted by Gasteiger charge is -2.23. The highest BCUT2D eigenvalue weighted by Gasteiger charge is 2.13. The molecule has 2 rings (SSSR count). The fourth-order valence-electron chi connectivity index (χ4n) is 1.95. The van der Waals surface area contributed by atoms with E-state index < -0.39 is 5.97 Å². The number of methoxy groups -OCH3 is 1. The Kier molecular flexibility index (Phi) is 4.89. The third-order valence-corrected chi connectivity index (χ3v) is 3.12. The molecule has 0 saturated carbocycles. The van der Waals surface area contributed by atoms with E-state index in [9.17, 15) is 4.79 Å². The van der Waals surface area contributed by atoms with Crippen molar-refractivity contribution in [1.82, 2.24) is 14.8 Å². The number of pyridine rings is 1. The van der Waals surface area contributed by atoms with Crippen molar-refractivity contribution >= 4 is 11.8 Å². The summed E-state index contributed by atoms with van der Waals surface area (Å²) in [5, 5.41) is 13.2. The quantitative estimate of drug-likeness (QED) is 0.824. The summed E-state index contributed by atoms with van der Waals surface area (Å²) in [4.78, 5) is 17.2. The highest BCUT2D eigenvalue weighted by Crippen LogP contribution is 2.15. The third kappa shape index (κ3) is 3.79. The second-order valence-electron chi connectivity index (χ2n) is 4.55. The maximum absolute atomic E-state index is 11.0. The summed E-state index contributed by atoms with van der Waals surface area (Å²) in [6.07, 6.45) is 1.73. The molecule has 0 bridgehead atoms. The van der Waals surface area contributed by atoms with Crippen LogP contribution in [0.2, 0.25) is 0 Å². The van der Waals surface area contributed by atoms with Crippen molar-refractivity contribution in [3.8, 4) is 0 Å². The minimum absolute atomic E-state index is 0.0277. The van der Waals surface area contributed by atoms with E-state index in [2.05, 4.69) is 10.1 Å². The Morgan fingerprint density at radius 2 is 2.24 bits per heavy atom. The van der Waals surface area contributed by atoms with Gasteiger partial charge in [0.05, 0.1) is 18.8 Å². The van der Waals surface area contributed by atoms with Gasteiger partial charge in [0.25, 0.3) is 0 Å². The zero-order chi connectivity index (χ0) is 15.2. The van der Waals surface area contributed by atoms with Crippen LogP contribution < -0.4 is 4.90 Å². The van der Waals surface area contributed by atoms with Gasteiger partial charge in [0.2, 0.25) is 0 Å². The fraction of sp³-hybridized carbons (Fsp3) is 0.357. The van der Waals surface area contributed by atoms with Gasteiger partial charge in [-0.05, 0) is 18.2 Å². The number of ether oxygens (including phenoxy) is 1. The van der Waals surface area contributed by atoms with Gasteiger partial charge < -0.3 is 14.7 Å². The lowest BCUT2D eigenvalue weighted by Crippen LogP contribution is -2.29. The van der Waals surface area contributed by atoms with Crippen molar-refractivity contribution in [2.75, 3.05) is 25.2 Å². The number of carboxylic acid groups (broad SMARTS) is 1. The molecule has 0 radical (unpaired) electrons. The van der Waals surface area contributed by atoms with Gasteiger partial charge >= 0.3 is 5.97 Å². The summed E-state index contributed by atoms with van der Waals surface area (Å²) in [6.45, 7) is 1.71. The number of aromatic nitrogens is 3. The molecule has 0 unspecified atom stereocenters. The largest absolute Gasteiger partial charge is 0.477 e. The second kappa shape index (κ2) is 6.85. The zero-order valence-corrected chi connectivity index (χ0v) is 12.1. The van der Waals surface area contributed by atoms with Crippen LogP contribution in [0.3, 0.4) is 0 Å². The van der Waals surface area contributed by atoms with E-state index >= 15 is 0 Å². The molecule has 0 spiro atoms. The first kappa shape index (κ1) is 15.0. The molecule has 112 valence electrons. The van der Waals surface area contributed by atoms with E-state index in [1.807, 2.05) is 18.0 Å². The number of carbonyl (C=O) groups is 1. The average Bonchev–Trinajstić information content (AvgIpc) is 2.88. The normalized spacial score (nSPS) is 10.6. The van der Waals surface area contributed by atoms with Crippen molar-refractivity contribution in [3.05, 3.63) is 41.9 Å². The highest BCUT2D eigenvalue weighted by atomic mass is 16.5. The van der Waals surface area contributed by atoms with E-state index in [4.69, 9.17) is 9.84 Å². The summed E-state index contributed by atoms with van der Waals surface area (Å²) in [6, 6.07) is 6.87. The second-order valence-corrected chi connectivity index (χ2v) is 4.55. The van der Waals surface area contributed by atoms with Crippen LogP contribution in [-0.2, 0) is 18.3 Å². The first-order valence-electron chi connectivity index (χ1n) is 6.53. The number of carboxylic acids is 1. The molecule has 0 atom stereocenters. The molecule has 0 saturated heterocycles. The van der Waals surface area contributed by atoms with Gasteiger partial charge in [-0.15, -0.1) is 0 Å². The number of hydrogen-bond donors (Lipinski definition) is 1. The Bertz CT molecular complexity index is 612. The van der Waals surface area contributed by atoms with Crippen LogP contribution in [0, 0.1) is 0 Å². The first-order valence-corrected chi connectivity index (χ1v) is 6.53. The highest BCUT2D eigenvalue weighted by molar-refractivity contribution is 5.85. The van der Waals surface area contributed by atoms with Gasteiger partial charge in [0, 0.05) is 26.9 Å². The number of rotatable bonds is 7. The zero-order valence-electron chi connectivity index (χ0n) is 12.1. The molecule has 1 N–H and O–H groups in total. The van der Waals surface area contributed by atoms with Crippen LogP contribution in [0.25, 0.3) is 0 Å². The Labute approximate surface area is 122 Å². The maximum atomic E-state index is 11.0. The molecular formula is C14H18N4O3. The summed E-state index contributed by atoms with van der Waals surface area (Å²) in [5.74, 6) is -0.433. The van der Waals surface area contributed by atoms with Crippen LogP contribution >= 0.6 is 0 Å². The van der Waals surface area contributed by atoms with Crippen LogP contribution in [0.4, 0.5) is 5.82 Å². The Morgan fingerprint density at radius 1 is 1.43 bits per heavy atom. The number of aromatic carboxylic acids is 1. The number of aryl methyl sites for hydroxylation is 1. The Morgan fingerprint density at radius 3 is 2.86 bits per heavy atom. The van der Waals surface area contributed by atoms with Gasteiger partial charge in [-0.3, -0.25) is 4.68 Å². The monoisotopic (exact) mass is 290 g/mol. The number of anilines is 1. The molecular weight excluding hydrogens is 272 g/mol. The molecule has 0 aliphatic carbocycles. The topological polar surface area (TPSA) is 80.5 Å². The minimum Gasteiger partial charge on any atom is -0.477 e. The van der Waals surface area contributed by atoms with Crippen LogP contribution in [0.5, 0.6) is 0 Å². The van der Waals surface area contributed by atoms with Gasteiger partial charge in [-0.25, -0.2) is 9.78 Å². The summed E-state index contributed by atoms with van der Waals surface area (Å²) in [7, 11) is 3.49. The molecule has 0 amide bonds. The molecule has 2 aromatic heterocycles. The molecule has 7 heteroatoms. The van der Waals surface area contributed by atoms with Crippen LogP contribution in [0.1, 0.15) is 16.2 Å². The molecule has 2 aromatic rings. The van der Waals surface area contributed by atoms with Gasteiger partial charge in [0.15, 0.2) is 5.69 Å². The van der Waals surface area contributed by atoms with E-state index in [1.165, 1.54) is 6.07 Å². The Hall–Kier alpha value is -2.41.